The molecular weight excluding hydrogens is 364 g/mol. The van der Waals surface area contributed by atoms with Gasteiger partial charge in [0.25, 0.3) is 0 Å². The molecule has 0 unspecified atom stereocenters. The SMILES string of the molecule is c1ccc(C(c2ccccc2)C2CCN(CCc3c[nH]c4ccccc34)CC2)cc1. The first-order chi connectivity index (χ1) is 14.9. The molecule has 2 heteroatoms. The van der Waals surface area contributed by atoms with Crippen LogP contribution < -0.4 is 0 Å². The summed E-state index contributed by atoms with van der Waals surface area (Å²) in [4.78, 5) is 6.07. The number of H-pyrrole nitrogens is 1. The lowest BCUT2D eigenvalue weighted by atomic mass is 9.76. The molecule has 4 aromatic rings. The molecule has 1 aliphatic heterocycles. The van der Waals surface area contributed by atoms with Crippen LogP contribution in [0.2, 0.25) is 0 Å². The Morgan fingerprint density at radius 3 is 2.03 bits per heavy atom. The lowest BCUT2D eigenvalue weighted by molar-refractivity contribution is 0.177. The minimum Gasteiger partial charge on any atom is -0.361 e. The van der Waals surface area contributed by atoms with Crippen LogP contribution in [0.25, 0.3) is 10.9 Å². The molecular formula is C28H30N2. The van der Waals surface area contributed by atoms with E-state index in [-0.39, 0.29) is 0 Å². The molecule has 0 saturated carbocycles. The molecule has 5 rings (SSSR count). The molecule has 0 spiro atoms. The van der Waals surface area contributed by atoms with Gasteiger partial charge in [0.2, 0.25) is 0 Å². The molecule has 0 aliphatic carbocycles. The summed E-state index contributed by atoms with van der Waals surface area (Å²) >= 11 is 0. The van der Waals surface area contributed by atoms with Crippen LogP contribution in [0.1, 0.15) is 35.4 Å². The molecule has 3 aromatic carbocycles. The minimum atomic E-state index is 0.503. The van der Waals surface area contributed by atoms with Gasteiger partial charge in [0.1, 0.15) is 0 Å². The number of nitrogens with zero attached hydrogens (tertiary/aromatic N) is 1. The monoisotopic (exact) mass is 394 g/mol. The summed E-state index contributed by atoms with van der Waals surface area (Å²) in [7, 11) is 0. The van der Waals surface area contributed by atoms with Crippen molar-refractivity contribution in [3.8, 4) is 0 Å². The van der Waals surface area contributed by atoms with E-state index in [1.165, 1.54) is 53.5 Å². The Morgan fingerprint density at radius 1 is 0.767 bits per heavy atom. The van der Waals surface area contributed by atoms with Gasteiger partial charge in [0.05, 0.1) is 0 Å². The van der Waals surface area contributed by atoms with Gasteiger partial charge in [0, 0.05) is 29.6 Å². The van der Waals surface area contributed by atoms with Gasteiger partial charge < -0.3 is 9.88 Å². The highest BCUT2D eigenvalue weighted by atomic mass is 15.1. The molecule has 1 fully saturated rings. The van der Waals surface area contributed by atoms with E-state index < -0.39 is 0 Å². The standard InChI is InChI=1S/C28H30N2/c1-3-9-22(10-4-1)28(23-11-5-2-6-12-23)24-15-18-30(19-16-24)20-17-25-21-29-27-14-8-7-13-26(25)27/h1-14,21,24,28-29H,15-20H2. The molecule has 1 aliphatic rings. The number of hydrogen-bond acceptors (Lipinski definition) is 1. The summed E-state index contributed by atoms with van der Waals surface area (Å²) in [6.45, 7) is 3.54. The second kappa shape index (κ2) is 8.89. The predicted octanol–water partition coefficient (Wildman–Crippen LogP) is 6.25. The largest absolute Gasteiger partial charge is 0.361 e. The van der Waals surface area contributed by atoms with Crippen molar-refractivity contribution in [2.75, 3.05) is 19.6 Å². The van der Waals surface area contributed by atoms with Crippen LogP contribution in [0, 0.1) is 5.92 Å². The van der Waals surface area contributed by atoms with E-state index >= 15 is 0 Å². The molecule has 30 heavy (non-hydrogen) atoms. The zero-order valence-electron chi connectivity index (χ0n) is 17.5. The third kappa shape index (κ3) is 4.06. The van der Waals surface area contributed by atoms with E-state index in [0.717, 1.165) is 13.0 Å². The van der Waals surface area contributed by atoms with Crippen molar-refractivity contribution in [2.45, 2.75) is 25.2 Å². The zero-order valence-corrected chi connectivity index (χ0v) is 17.5. The van der Waals surface area contributed by atoms with E-state index in [4.69, 9.17) is 0 Å². The summed E-state index contributed by atoms with van der Waals surface area (Å²) in [5.74, 6) is 1.21. The van der Waals surface area contributed by atoms with Crippen LogP contribution in [0.5, 0.6) is 0 Å². The molecule has 2 heterocycles. The Bertz CT molecular complexity index is 1020. The maximum absolute atomic E-state index is 3.42. The number of para-hydroxylation sites is 1. The van der Waals surface area contributed by atoms with E-state index in [2.05, 4.69) is 101 Å². The normalized spacial score (nSPS) is 15.8. The molecule has 2 nitrogen and oxygen atoms in total. The fourth-order valence-corrected chi connectivity index (χ4v) is 5.18. The maximum Gasteiger partial charge on any atom is 0.0456 e. The first kappa shape index (κ1) is 19.1. The van der Waals surface area contributed by atoms with Crippen molar-refractivity contribution in [1.29, 1.82) is 0 Å². The molecule has 0 bridgehead atoms. The molecule has 1 N–H and O–H groups in total. The summed E-state index contributed by atoms with van der Waals surface area (Å²) in [6, 6.07) is 30.8. The van der Waals surface area contributed by atoms with Crippen molar-refractivity contribution in [3.05, 3.63) is 108 Å². The Balaban J connectivity index is 1.25. The molecule has 0 radical (unpaired) electrons. The van der Waals surface area contributed by atoms with Gasteiger partial charge in [-0.1, -0.05) is 78.9 Å². The topological polar surface area (TPSA) is 19.0 Å². The highest BCUT2D eigenvalue weighted by Crippen LogP contribution is 2.38. The van der Waals surface area contributed by atoms with Gasteiger partial charge in [-0.25, -0.2) is 0 Å². The average Bonchev–Trinajstić information content (AvgIpc) is 3.23. The van der Waals surface area contributed by atoms with Crippen LogP contribution in [-0.2, 0) is 6.42 Å². The number of likely N-dealkylation sites (tertiary alicyclic amines) is 1. The van der Waals surface area contributed by atoms with Crippen LogP contribution in [0.15, 0.2) is 91.1 Å². The first-order valence-corrected chi connectivity index (χ1v) is 11.3. The van der Waals surface area contributed by atoms with Crippen LogP contribution >= 0.6 is 0 Å². The number of rotatable bonds is 6. The van der Waals surface area contributed by atoms with Crippen molar-refractivity contribution >= 4 is 10.9 Å². The summed E-state index contributed by atoms with van der Waals surface area (Å²) < 4.78 is 0. The molecule has 1 aromatic heterocycles. The Kier molecular flexibility index (Phi) is 5.67. The third-order valence-corrected chi connectivity index (χ3v) is 6.79. The fourth-order valence-electron chi connectivity index (χ4n) is 5.18. The van der Waals surface area contributed by atoms with Crippen LogP contribution in [-0.4, -0.2) is 29.5 Å². The highest BCUT2D eigenvalue weighted by molar-refractivity contribution is 5.83. The number of fused-ring (bicyclic) bond motifs is 1. The van der Waals surface area contributed by atoms with Gasteiger partial charge in [-0.3, -0.25) is 0 Å². The number of aromatic nitrogens is 1. The lowest BCUT2D eigenvalue weighted by Crippen LogP contribution is -2.37. The highest BCUT2D eigenvalue weighted by Gasteiger charge is 2.28. The van der Waals surface area contributed by atoms with E-state index in [0.29, 0.717) is 11.8 Å². The van der Waals surface area contributed by atoms with Crippen molar-refractivity contribution < 1.29 is 0 Å². The van der Waals surface area contributed by atoms with Gasteiger partial charge >= 0.3 is 0 Å². The van der Waals surface area contributed by atoms with Crippen molar-refractivity contribution in [3.63, 3.8) is 0 Å². The molecule has 0 amide bonds. The average molecular weight is 395 g/mol. The van der Waals surface area contributed by atoms with E-state index in [1.807, 2.05) is 0 Å². The number of aromatic amines is 1. The van der Waals surface area contributed by atoms with Gasteiger partial charge in [-0.2, -0.15) is 0 Å². The molecule has 152 valence electrons. The van der Waals surface area contributed by atoms with Gasteiger partial charge in [0.15, 0.2) is 0 Å². The van der Waals surface area contributed by atoms with Crippen molar-refractivity contribution in [1.82, 2.24) is 9.88 Å². The Labute approximate surface area is 179 Å². The predicted molar refractivity (Wildman–Crippen MR) is 126 cm³/mol. The smallest absolute Gasteiger partial charge is 0.0456 e. The maximum atomic E-state index is 3.42. The summed E-state index contributed by atoms with van der Waals surface area (Å²) in [6.07, 6.45) is 5.85. The van der Waals surface area contributed by atoms with Crippen LogP contribution in [0.4, 0.5) is 0 Å². The van der Waals surface area contributed by atoms with E-state index in [9.17, 15) is 0 Å². The first-order valence-electron chi connectivity index (χ1n) is 11.3. The third-order valence-electron chi connectivity index (χ3n) is 6.79. The zero-order chi connectivity index (χ0) is 20.2. The number of benzene rings is 3. The molecule has 1 saturated heterocycles. The van der Waals surface area contributed by atoms with Gasteiger partial charge in [-0.15, -0.1) is 0 Å². The number of hydrogen-bond donors (Lipinski definition) is 1. The summed E-state index contributed by atoms with van der Waals surface area (Å²) in [5.41, 5.74) is 5.61. The fraction of sp³-hybridized carbons (Fsp3) is 0.286. The second-order valence-corrected chi connectivity index (χ2v) is 8.59. The Hall–Kier alpha value is -2.84. The second-order valence-electron chi connectivity index (χ2n) is 8.59. The van der Waals surface area contributed by atoms with E-state index in [1.54, 1.807) is 0 Å². The lowest BCUT2D eigenvalue weighted by Gasteiger charge is -2.36. The number of piperidine rings is 1. The summed E-state index contributed by atoms with van der Waals surface area (Å²) in [5, 5.41) is 1.38. The van der Waals surface area contributed by atoms with Crippen molar-refractivity contribution in [2.24, 2.45) is 5.92 Å². The number of nitrogens with one attached hydrogen (secondary N) is 1. The quantitative estimate of drug-likeness (QED) is 0.409. The van der Waals surface area contributed by atoms with Gasteiger partial charge in [-0.05, 0) is 61.0 Å². The van der Waals surface area contributed by atoms with Crippen LogP contribution in [0.3, 0.4) is 0 Å². The minimum absolute atomic E-state index is 0.503. The molecule has 0 atom stereocenters. The Morgan fingerprint density at radius 2 is 1.37 bits per heavy atom.